The van der Waals surface area contributed by atoms with Crippen molar-refractivity contribution in [2.24, 2.45) is 5.73 Å². The van der Waals surface area contributed by atoms with Crippen molar-refractivity contribution in [3.8, 4) is 5.75 Å². The Balaban J connectivity index is 2.54. The van der Waals surface area contributed by atoms with Crippen molar-refractivity contribution < 1.29 is 4.74 Å². The van der Waals surface area contributed by atoms with Crippen molar-refractivity contribution in [1.29, 1.82) is 0 Å². The minimum Gasteiger partial charge on any atom is -0.496 e. The smallest absolute Gasteiger partial charge is 0.123 e. The first-order valence-corrected chi connectivity index (χ1v) is 7.41. The lowest BCUT2D eigenvalue weighted by Gasteiger charge is -2.31. The van der Waals surface area contributed by atoms with Gasteiger partial charge in [0.25, 0.3) is 0 Å². The second-order valence-corrected chi connectivity index (χ2v) is 5.58. The summed E-state index contributed by atoms with van der Waals surface area (Å²) in [6.07, 6.45) is 7.07. The molecule has 0 amide bonds. The average Bonchev–Trinajstić information content (AvgIpc) is 2.87. The molecule has 1 aromatic rings. The predicted octanol–water partition coefficient (Wildman–Crippen LogP) is 3.19. The number of thioether (sulfide) groups is 1. The molecule has 17 heavy (non-hydrogen) atoms. The van der Waals surface area contributed by atoms with Gasteiger partial charge in [-0.05, 0) is 31.2 Å². The normalized spacial score (nSPS) is 18.3. The molecule has 0 radical (unpaired) electrons. The molecule has 94 valence electrons. The monoisotopic (exact) mass is 251 g/mol. The van der Waals surface area contributed by atoms with E-state index >= 15 is 0 Å². The fourth-order valence-corrected chi connectivity index (χ4v) is 3.72. The molecule has 0 aromatic heterocycles. The van der Waals surface area contributed by atoms with E-state index in [0.717, 1.165) is 12.3 Å². The molecule has 1 aromatic carbocycles. The van der Waals surface area contributed by atoms with Crippen LogP contribution in [0.25, 0.3) is 0 Å². The van der Waals surface area contributed by atoms with Crippen LogP contribution in [0.3, 0.4) is 0 Å². The molecule has 1 fully saturated rings. The number of rotatable bonds is 4. The quantitative estimate of drug-likeness (QED) is 0.835. The van der Waals surface area contributed by atoms with Crippen LogP contribution < -0.4 is 10.5 Å². The van der Waals surface area contributed by atoms with E-state index in [2.05, 4.69) is 24.5 Å². The van der Waals surface area contributed by atoms with E-state index in [1.54, 1.807) is 18.9 Å². The van der Waals surface area contributed by atoms with Crippen molar-refractivity contribution in [2.45, 2.75) is 36.0 Å². The Kier molecular flexibility index (Phi) is 4.00. The Bertz CT molecular complexity index is 364. The Hall–Kier alpha value is -0.670. The molecule has 1 saturated carbocycles. The molecule has 2 N–H and O–H groups in total. The Morgan fingerprint density at radius 3 is 2.59 bits per heavy atom. The molecule has 3 heteroatoms. The van der Waals surface area contributed by atoms with Gasteiger partial charge in [-0.25, -0.2) is 0 Å². The lowest BCUT2D eigenvalue weighted by Crippen LogP contribution is -2.33. The number of ether oxygens (including phenoxy) is 1. The molecule has 0 heterocycles. The molecule has 2 rings (SSSR count). The van der Waals surface area contributed by atoms with Crippen molar-refractivity contribution in [3.05, 3.63) is 23.8 Å². The SMILES string of the molecule is COc1cccc(SC)c1C1(CN)CCCC1. The van der Waals surface area contributed by atoms with Crippen molar-refractivity contribution >= 4 is 11.8 Å². The van der Waals surface area contributed by atoms with Crippen LogP contribution in [0, 0.1) is 0 Å². The Morgan fingerprint density at radius 2 is 2.06 bits per heavy atom. The molecule has 1 aliphatic rings. The fraction of sp³-hybridized carbons (Fsp3) is 0.571. The van der Waals surface area contributed by atoms with E-state index in [4.69, 9.17) is 10.5 Å². The van der Waals surface area contributed by atoms with Gasteiger partial charge in [-0.3, -0.25) is 0 Å². The first kappa shape index (κ1) is 12.8. The molecule has 0 saturated heterocycles. The van der Waals surface area contributed by atoms with Gasteiger partial charge in [-0.2, -0.15) is 0 Å². The largest absolute Gasteiger partial charge is 0.496 e. The molecule has 0 spiro atoms. The lowest BCUT2D eigenvalue weighted by molar-refractivity contribution is 0.372. The minimum absolute atomic E-state index is 0.144. The van der Waals surface area contributed by atoms with Crippen LogP contribution in [0.1, 0.15) is 31.2 Å². The van der Waals surface area contributed by atoms with Gasteiger partial charge in [0, 0.05) is 22.4 Å². The van der Waals surface area contributed by atoms with E-state index in [-0.39, 0.29) is 5.41 Å². The highest BCUT2D eigenvalue weighted by molar-refractivity contribution is 7.98. The third kappa shape index (κ3) is 2.18. The molecular weight excluding hydrogens is 230 g/mol. The summed E-state index contributed by atoms with van der Waals surface area (Å²) in [7, 11) is 1.75. The summed E-state index contributed by atoms with van der Waals surface area (Å²) in [6, 6.07) is 6.30. The van der Waals surface area contributed by atoms with Gasteiger partial charge in [0.05, 0.1) is 7.11 Å². The summed E-state index contributed by atoms with van der Waals surface area (Å²) in [5.41, 5.74) is 7.57. The summed E-state index contributed by atoms with van der Waals surface area (Å²) in [5, 5.41) is 0. The molecule has 1 aliphatic carbocycles. The maximum Gasteiger partial charge on any atom is 0.123 e. The zero-order valence-electron chi connectivity index (χ0n) is 10.7. The topological polar surface area (TPSA) is 35.2 Å². The minimum atomic E-state index is 0.144. The molecule has 0 bridgehead atoms. The molecule has 0 atom stereocenters. The van der Waals surface area contributed by atoms with Gasteiger partial charge >= 0.3 is 0 Å². The number of benzene rings is 1. The summed E-state index contributed by atoms with van der Waals surface area (Å²) in [4.78, 5) is 1.32. The number of hydrogen-bond donors (Lipinski definition) is 1. The standard InChI is InChI=1S/C14H21NOS/c1-16-11-6-5-7-12(17-2)13(11)14(10-15)8-3-4-9-14/h5-7H,3-4,8-10,15H2,1-2H3. The van der Waals surface area contributed by atoms with Crippen LogP contribution in [-0.4, -0.2) is 19.9 Å². The maximum atomic E-state index is 6.08. The summed E-state index contributed by atoms with van der Waals surface area (Å²) < 4.78 is 5.56. The number of methoxy groups -OCH3 is 1. The second-order valence-electron chi connectivity index (χ2n) is 4.73. The Labute approximate surface area is 108 Å². The highest BCUT2D eigenvalue weighted by atomic mass is 32.2. The summed E-state index contributed by atoms with van der Waals surface area (Å²) in [6.45, 7) is 0.723. The average molecular weight is 251 g/mol. The lowest BCUT2D eigenvalue weighted by atomic mass is 9.78. The van der Waals surface area contributed by atoms with E-state index in [0.29, 0.717) is 0 Å². The molecule has 2 nitrogen and oxygen atoms in total. The number of nitrogens with two attached hydrogens (primary N) is 1. The second kappa shape index (κ2) is 5.32. The fourth-order valence-electron chi connectivity index (χ4n) is 2.98. The van der Waals surface area contributed by atoms with Crippen LogP contribution in [-0.2, 0) is 5.41 Å². The van der Waals surface area contributed by atoms with Gasteiger partial charge < -0.3 is 10.5 Å². The van der Waals surface area contributed by atoms with E-state index in [1.807, 2.05) is 0 Å². The van der Waals surface area contributed by atoms with Gasteiger partial charge in [0.1, 0.15) is 5.75 Å². The van der Waals surface area contributed by atoms with Crippen LogP contribution in [0.2, 0.25) is 0 Å². The third-order valence-electron chi connectivity index (χ3n) is 3.91. The van der Waals surface area contributed by atoms with Crippen LogP contribution in [0.15, 0.2) is 23.1 Å². The predicted molar refractivity (Wildman–Crippen MR) is 74.0 cm³/mol. The Morgan fingerprint density at radius 1 is 1.35 bits per heavy atom. The van der Waals surface area contributed by atoms with Crippen molar-refractivity contribution in [2.75, 3.05) is 19.9 Å². The van der Waals surface area contributed by atoms with E-state index in [1.165, 1.54) is 36.1 Å². The van der Waals surface area contributed by atoms with Crippen LogP contribution in [0.4, 0.5) is 0 Å². The highest BCUT2D eigenvalue weighted by Gasteiger charge is 2.38. The van der Waals surface area contributed by atoms with Crippen molar-refractivity contribution in [1.82, 2.24) is 0 Å². The number of hydrogen-bond acceptors (Lipinski definition) is 3. The third-order valence-corrected chi connectivity index (χ3v) is 4.69. The first-order chi connectivity index (χ1) is 8.27. The van der Waals surface area contributed by atoms with Gasteiger partial charge in [-0.15, -0.1) is 11.8 Å². The molecule has 0 unspecified atom stereocenters. The van der Waals surface area contributed by atoms with E-state index < -0.39 is 0 Å². The molecular formula is C14H21NOS. The summed E-state index contributed by atoms with van der Waals surface area (Å²) >= 11 is 1.79. The highest BCUT2D eigenvalue weighted by Crippen LogP contribution is 2.47. The van der Waals surface area contributed by atoms with Crippen LogP contribution in [0.5, 0.6) is 5.75 Å². The maximum absolute atomic E-state index is 6.08. The summed E-state index contributed by atoms with van der Waals surface area (Å²) in [5.74, 6) is 1.00. The van der Waals surface area contributed by atoms with E-state index in [9.17, 15) is 0 Å². The zero-order valence-corrected chi connectivity index (χ0v) is 11.5. The van der Waals surface area contributed by atoms with Gasteiger partial charge in [-0.1, -0.05) is 18.9 Å². The van der Waals surface area contributed by atoms with Gasteiger partial charge in [0.15, 0.2) is 0 Å². The molecule has 0 aliphatic heterocycles. The first-order valence-electron chi connectivity index (χ1n) is 6.19. The van der Waals surface area contributed by atoms with Gasteiger partial charge in [0.2, 0.25) is 0 Å². The van der Waals surface area contributed by atoms with Crippen molar-refractivity contribution in [3.63, 3.8) is 0 Å². The van der Waals surface area contributed by atoms with Crippen LogP contribution >= 0.6 is 11.8 Å². The zero-order chi connectivity index (χ0) is 12.3.